The molecule has 112 valence electrons. The molecule has 3 aromatic rings. The second-order valence-electron chi connectivity index (χ2n) is 5.29. The summed E-state index contributed by atoms with van der Waals surface area (Å²) in [7, 11) is 0. The van der Waals surface area contributed by atoms with E-state index in [9.17, 15) is 9.59 Å². The summed E-state index contributed by atoms with van der Waals surface area (Å²) < 4.78 is 1.26. The Morgan fingerprint density at radius 3 is 2.82 bits per heavy atom. The average Bonchev–Trinajstić information content (AvgIpc) is 2.89. The molecule has 6 heteroatoms. The number of nitrogens with two attached hydrogens (primary N) is 1. The Bertz CT molecular complexity index is 940. The van der Waals surface area contributed by atoms with Crippen LogP contribution in [0, 0.1) is 13.8 Å². The van der Waals surface area contributed by atoms with Crippen LogP contribution >= 0.6 is 11.3 Å². The predicted octanol–water partition coefficient (Wildman–Crippen LogP) is 2.23. The highest BCUT2D eigenvalue weighted by atomic mass is 32.1. The van der Waals surface area contributed by atoms with Crippen LogP contribution in [0.4, 0.5) is 0 Å². The van der Waals surface area contributed by atoms with Gasteiger partial charge in [-0.25, -0.2) is 4.98 Å². The van der Waals surface area contributed by atoms with Crippen LogP contribution in [0.25, 0.3) is 21.3 Å². The van der Waals surface area contributed by atoms with Crippen LogP contribution < -0.4 is 11.3 Å². The molecule has 1 aromatic carbocycles. The lowest BCUT2D eigenvalue weighted by Gasteiger charge is -2.07. The number of amides is 1. The Hall–Kier alpha value is -2.47. The van der Waals surface area contributed by atoms with Crippen molar-refractivity contribution in [3.63, 3.8) is 0 Å². The summed E-state index contributed by atoms with van der Waals surface area (Å²) in [5.41, 5.74) is 9.04. The van der Waals surface area contributed by atoms with Crippen molar-refractivity contribution in [2.24, 2.45) is 5.73 Å². The lowest BCUT2D eigenvalue weighted by molar-refractivity contribution is -0.118. The van der Waals surface area contributed by atoms with Gasteiger partial charge in [-0.3, -0.25) is 14.2 Å². The normalized spacial score (nSPS) is 11.0. The van der Waals surface area contributed by atoms with E-state index in [0.717, 1.165) is 22.3 Å². The summed E-state index contributed by atoms with van der Waals surface area (Å²) in [6.07, 6.45) is 1.37. The van der Waals surface area contributed by atoms with Crippen LogP contribution in [0.15, 0.2) is 34.7 Å². The maximum Gasteiger partial charge on any atom is 0.263 e. The van der Waals surface area contributed by atoms with Gasteiger partial charge in [0.05, 0.1) is 11.7 Å². The molecule has 0 atom stereocenters. The highest BCUT2D eigenvalue weighted by Crippen LogP contribution is 2.33. The number of rotatable bonds is 3. The molecule has 0 unspecified atom stereocenters. The first-order chi connectivity index (χ1) is 10.5. The van der Waals surface area contributed by atoms with Gasteiger partial charge in [-0.2, -0.15) is 0 Å². The highest BCUT2D eigenvalue weighted by Gasteiger charge is 2.15. The van der Waals surface area contributed by atoms with Crippen molar-refractivity contribution >= 4 is 27.5 Å². The molecule has 2 aromatic heterocycles. The quantitative estimate of drug-likeness (QED) is 0.805. The number of carbonyl (C=O) groups is 1. The van der Waals surface area contributed by atoms with Crippen molar-refractivity contribution in [2.45, 2.75) is 20.4 Å². The molecule has 0 aliphatic heterocycles. The minimum absolute atomic E-state index is 0.163. The zero-order chi connectivity index (χ0) is 15.9. The summed E-state index contributed by atoms with van der Waals surface area (Å²) in [6.45, 7) is 3.86. The SMILES string of the molecule is Cc1ccc(C)c(-c2csc3ncn(CC(N)=O)c(=O)c23)c1. The Labute approximate surface area is 131 Å². The van der Waals surface area contributed by atoms with Crippen molar-refractivity contribution in [3.05, 3.63) is 51.4 Å². The van der Waals surface area contributed by atoms with Crippen LogP contribution in [0.3, 0.4) is 0 Å². The predicted molar refractivity (Wildman–Crippen MR) is 88.0 cm³/mol. The monoisotopic (exact) mass is 313 g/mol. The fraction of sp³-hybridized carbons (Fsp3) is 0.188. The number of primary amides is 1. The first-order valence-corrected chi connectivity index (χ1v) is 7.68. The Morgan fingerprint density at radius 2 is 2.09 bits per heavy atom. The van der Waals surface area contributed by atoms with E-state index in [1.54, 1.807) is 0 Å². The number of aromatic nitrogens is 2. The molecule has 22 heavy (non-hydrogen) atoms. The molecular formula is C16H15N3O2S. The van der Waals surface area contributed by atoms with Crippen LogP contribution in [-0.2, 0) is 11.3 Å². The fourth-order valence-corrected chi connectivity index (χ4v) is 3.37. The number of hydrogen-bond acceptors (Lipinski definition) is 4. The van der Waals surface area contributed by atoms with Gasteiger partial charge in [0.15, 0.2) is 0 Å². The van der Waals surface area contributed by atoms with Gasteiger partial charge in [0.1, 0.15) is 11.4 Å². The van der Waals surface area contributed by atoms with Gasteiger partial charge < -0.3 is 5.73 Å². The van der Waals surface area contributed by atoms with Gasteiger partial charge >= 0.3 is 0 Å². The van der Waals surface area contributed by atoms with Gasteiger partial charge in [0, 0.05) is 10.9 Å². The molecule has 0 radical (unpaired) electrons. The van der Waals surface area contributed by atoms with Crippen LogP contribution in [0.2, 0.25) is 0 Å². The molecule has 2 N–H and O–H groups in total. The number of thiophene rings is 1. The summed E-state index contributed by atoms with van der Waals surface area (Å²) in [4.78, 5) is 28.7. The lowest BCUT2D eigenvalue weighted by atomic mass is 9.99. The van der Waals surface area contributed by atoms with E-state index in [1.165, 1.54) is 22.2 Å². The molecule has 1 amide bonds. The highest BCUT2D eigenvalue weighted by molar-refractivity contribution is 7.17. The molecule has 3 rings (SSSR count). The number of nitrogens with zero attached hydrogens (tertiary/aromatic N) is 2. The van der Waals surface area contributed by atoms with Crippen molar-refractivity contribution in [1.29, 1.82) is 0 Å². The number of aryl methyl sites for hydroxylation is 2. The Balaban J connectivity index is 2.29. The Morgan fingerprint density at radius 1 is 1.32 bits per heavy atom. The number of carbonyl (C=O) groups excluding carboxylic acids is 1. The lowest BCUT2D eigenvalue weighted by Crippen LogP contribution is -2.28. The molecule has 5 nitrogen and oxygen atoms in total. The van der Waals surface area contributed by atoms with Crippen molar-refractivity contribution < 1.29 is 4.79 Å². The van der Waals surface area contributed by atoms with Crippen LogP contribution in [0.5, 0.6) is 0 Å². The Kier molecular flexibility index (Phi) is 3.54. The second kappa shape index (κ2) is 5.38. The molecule has 0 saturated heterocycles. The third-order valence-corrected chi connectivity index (χ3v) is 4.46. The van der Waals surface area contributed by atoms with Gasteiger partial charge in [0.2, 0.25) is 5.91 Å². The standard InChI is InChI=1S/C16H15N3O2S/c1-9-3-4-10(2)11(5-9)12-7-22-15-14(12)16(21)19(8-18-15)6-13(17)20/h3-5,7-8H,6H2,1-2H3,(H2,17,20). The largest absolute Gasteiger partial charge is 0.368 e. The zero-order valence-electron chi connectivity index (χ0n) is 12.3. The first kappa shape index (κ1) is 14.5. The summed E-state index contributed by atoms with van der Waals surface area (Å²) in [5.74, 6) is -0.563. The maximum absolute atomic E-state index is 12.6. The van der Waals surface area contributed by atoms with Crippen LogP contribution in [0.1, 0.15) is 11.1 Å². The van der Waals surface area contributed by atoms with E-state index in [1.807, 2.05) is 31.4 Å². The number of benzene rings is 1. The molecule has 0 saturated carbocycles. The minimum atomic E-state index is -0.563. The zero-order valence-corrected chi connectivity index (χ0v) is 13.1. The summed E-state index contributed by atoms with van der Waals surface area (Å²) >= 11 is 1.42. The van der Waals surface area contributed by atoms with E-state index >= 15 is 0 Å². The first-order valence-electron chi connectivity index (χ1n) is 6.80. The van der Waals surface area contributed by atoms with E-state index in [4.69, 9.17) is 5.73 Å². The molecule has 0 spiro atoms. The van der Waals surface area contributed by atoms with Gasteiger partial charge in [0.25, 0.3) is 5.56 Å². The minimum Gasteiger partial charge on any atom is -0.368 e. The van der Waals surface area contributed by atoms with Gasteiger partial charge in [-0.15, -0.1) is 11.3 Å². The molecular weight excluding hydrogens is 298 g/mol. The fourth-order valence-electron chi connectivity index (χ4n) is 2.47. The average molecular weight is 313 g/mol. The molecule has 0 fully saturated rings. The summed E-state index contributed by atoms with van der Waals surface area (Å²) in [6, 6.07) is 6.13. The molecule has 0 aliphatic rings. The molecule has 0 bridgehead atoms. The van der Waals surface area contributed by atoms with Gasteiger partial charge in [-0.05, 0) is 25.0 Å². The topological polar surface area (TPSA) is 78.0 Å². The third-order valence-electron chi connectivity index (χ3n) is 3.57. The van der Waals surface area contributed by atoms with Crippen LogP contribution in [-0.4, -0.2) is 15.5 Å². The van der Waals surface area contributed by atoms with E-state index in [0.29, 0.717) is 10.2 Å². The van der Waals surface area contributed by atoms with E-state index < -0.39 is 5.91 Å². The van der Waals surface area contributed by atoms with Gasteiger partial charge in [-0.1, -0.05) is 23.8 Å². The third kappa shape index (κ3) is 2.42. The molecule has 2 heterocycles. The van der Waals surface area contributed by atoms with E-state index in [-0.39, 0.29) is 12.1 Å². The maximum atomic E-state index is 12.6. The number of hydrogen-bond donors (Lipinski definition) is 1. The van der Waals surface area contributed by atoms with Crippen molar-refractivity contribution in [1.82, 2.24) is 9.55 Å². The summed E-state index contributed by atoms with van der Waals surface area (Å²) in [5, 5.41) is 2.48. The molecule has 0 aliphatic carbocycles. The smallest absolute Gasteiger partial charge is 0.263 e. The van der Waals surface area contributed by atoms with Crippen molar-refractivity contribution in [3.8, 4) is 11.1 Å². The van der Waals surface area contributed by atoms with E-state index in [2.05, 4.69) is 11.1 Å². The van der Waals surface area contributed by atoms with Crippen molar-refractivity contribution in [2.75, 3.05) is 0 Å². The number of fused-ring (bicyclic) bond motifs is 1. The second-order valence-corrected chi connectivity index (χ2v) is 6.15.